The summed E-state index contributed by atoms with van der Waals surface area (Å²) in [5.41, 5.74) is 5.49. The minimum atomic E-state index is -1.60. The minimum Gasteiger partial charge on any atom is -0.479 e. The summed E-state index contributed by atoms with van der Waals surface area (Å²) in [5.74, 6) is -1.76. The molecule has 6 heteroatoms. The lowest BCUT2D eigenvalue weighted by atomic mass is 9.94. The Morgan fingerprint density at radius 2 is 2.33 bits per heavy atom. The maximum atomic E-state index is 11.3. The highest BCUT2D eigenvalue weighted by atomic mass is 16.4. The van der Waals surface area contributed by atoms with Crippen LogP contribution in [0.4, 0.5) is 0 Å². The Hall–Kier alpha value is -1.14. The molecule has 0 radical (unpaired) electrons. The molecule has 0 bridgehead atoms. The van der Waals surface area contributed by atoms with E-state index in [-0.39, 0.29) is 24.3 Å². The Balaban J connectivity index is 2.48. The first-order chi connectivity index (χ1) is 6.91. The second kappa shape index (κ2) is 4.59. The molecule has 1 aliphatic heterocycles. The van der Waals surface area contributed by atoms with Crippen molar-refractivity contribution in [2.24, 2.45) is 11.7 Å². The highest BCUT2D eigenvalue weighted by Crippen LogP contribution is 2.20. The van der Waals surface area contributed by atoms with E-state index in [0.717, 1.165) is 0 Å². The van der Waals surface area contributed by atoms with Crippen LogP contribution in [-0.4, -0.2) is 40.3 Å². The molecule has 0 spiro atoms. The lowest BCUT2D eigenvalue weighted by Gasteiger charge is -2.17. The number of hydrogen-bond donors (Lipinski definition) is 4. The summed E-state index contributed by atoms with van der Waals surface area (Å²) >= 11 is 0. The lowest BCUT2D eigenvalue weighted by molar-refractivity contribution is -0.148. The van der Waals surface area contributed by atoms with Crippen LogP contribution in [0.5, 0.6) is 0 Å². The number of nitrogens with one attached hydrogen (secondary N) is 1. The minimum absolute atomic E-state index is 0.0941. The van der Waals surface area contributed by atoms with Crippen molar-refractivity contribution in [3.05, 3.63) is 0 Å². The van der Waals surface area contributed by atoms with Crippen molar-refractivity contribution in [3.8, 4) is 0 Å². The number of hydrogen-bond acceptors (Lipinski definition) is 4. The van der Waals surface area contributed by atoms with Crippen LogP contribution in [0, 0.1) is 5.92 Å². The topological polar surface area (TPSA) is 113 Å². The molecule has 1 fully saturated rings. The fraction of sp³-hybridized carbons (Fsp3) is 0.778. The van der Waals surface area contributed by atoms with Gasteiger partial charge in [-0.1, -0.05) is 0 Å². The van der Waals surface area contributed by atoms with Crippen molar-refractivity contribution < 1.29 is 19.8 Å². The van der Waals surface area contributed by atoms with Crippen molar-refractivity contribution in [1.29, 1.82) is 0 Å². The second-order valence-electron chi connectivity index (χ2n) is 4.02. The van der Waals surface area contributed by atoms with Crippen molar-refractivity contribution in [1.82, 2.24) is 5.32 Å². The van der Waals surface area contributed by atoms with Gasteiger partial charge in [-0.15, -0.1) is 0 Å². The van der Waals surface area contributed by atoms with Crippen LogP contribution in [0.1, 0.15) is 19.8 Å². The van der Waals surface area contributed by atoms with Gasteiger partial charge in [-0.2, -0.15) is 0 Å². The SMILES string of the molecule is C[C@@H]1C[C@@H](CC(N)C(O)C(=O)O)C(=O)N1. The van der Waals surface area contributed by atoms with Gasteiger partial charge in [-0.3, -0.25) is 4.79 Å². The third kappa shape index (κ3) is 2.90. The molecule has 1 aliphatic rings. The summed E-state index contributed by atoms with van der Waals surface area (Å²) < 4.78 is 0. The Kier molecular flexibility index (Phi) is 3.65. The fourth-order valence-electron chi connectivity index (χ4n) is 1.80. The van der Waals surface area contributed by atoms with Crippen LogP contribution in [-0.2, 0) is 9.59 Å². The van der Waals surface area contributed by atoms with Gasteiger partial charge in [0.25, 0.3) is 0 Å². The quantitative estimate of drug-likeness (QED) is 0.465. The monoisotopic (exact) mass is 216 g/mol. The number of aliphatic carboxylic acids is 1. The number of aliphatic hydroxyl groups excluding tert-OH is 1. The molecule has 0 saturated carbocycles. The molecule has 1 heterocycles. The zero-order chi connectivity index (χ0) is 11.6. The van der Waals surface area contributed by atoms with Gasteiger partial charge in [0.1, 0.15) is 0 Å². The van der Waals surface area contributed by atoms with Gasteiger partial charge in [0.15, 0.2) is 6.10 Å². The number of carbonyl (C=O) groups excluding carboxylic acids is 1. The van der Waals surface area contributed by atoms with E-state index in [1.165, 1.54) is 0 Å². The molecular formula is C9H16N2O4. The zero-order valence-electron chi connectivity index (χ0n) is 8.51. The fourth-order valence-corrected chi connectivity index (χ4v) is 1.80. The molecular weight excluding hydrogens is 200 g/mol. The van der Waals surface area contributed by atoms with Gasteiger partial charge in [0.05, 0.1) is 0 Å². The predicted octanol–water partition coefficient (Wildman–Crippen LogP) is -1.33. The molecule has 5 N–H and O–H groups in total. The molecule has 15 heavy (non-hydrogen) atoms. The molecule has 2 unspecified atom stereocenters. The number of carboxylic acid groups (broad SMARTS) is 1. The van der Waals surface area contributed by atoms with Crippen LogP contribution >= 0.6 is 0 Å². The summed E-state index contributed by atoms with van der Waals surface area (Å²) in [5, 5.41) is 20.4. The summed E-state index contributed by atoms with van der Waals surface area (Å²) in [6, 6.07) is -0.805. The van der Waals surface area contributed by atoms with Gasteiger partial charge >= 0.3 is 5.97 Å². The van der Waals surface area contributed by atoms with Crippen molar-refractivity contribution in [3.63, 3.8) is 0 Å². The maximum absolute atomic E-state index is 11.3. The van der Waals surface area contributed by atoms with Crippen molar-refractivity contribution >= 4 is 11.9 Å². The van der Waals surface area contributed by atoms with Gasteiger partial charge in [0.2, 0.25) is 5.91 Å². The van der Waals surface area contributed by atoms with Crippen LogP contribution in [0.15, 0.2) is 0 Å². The van der Waals surface area contributed by atoms with E-state index in [1.54, 1.807) is 0 Å². The van der Waals surface area contributed by atoms with E-state index in [9.17, 15) is 9.59 Å². The number of aliphatic hydroxyl groups is 1. The first kappa shape index (κ1) is 11.9. The van der Waals surface area contributed by atoms with Crippen molar-refractivity contribution in [2.45, 2.75) is 38.0 Å². The normalized spacial score (nSPS) is 29.7. The van der Waals surface area contributed by atoms with Crippen LogP contribution < -0.4 is 11.1 Å². The third-order valence-corrected chi connectivity index (χ3v) is 2.61. The van der Waals surface area contributed by atoms with Crippen LogP contribution in [0.2, 0.25) is 0 Å². The maximum Gasteiger partial charge on any atom is 0.334 e. The first-order valence-corrected chi connectivity index (χ1v) is 4.88. The highest BCUT2D eigenvalue weighted by molar-refractivity contribution is 5.81. The Bertz CT molecular complexity index is 269. The molecule has 0 aromatic heterocycles. The van der Waals surface area contributed by atoms with E-state index in [4.69, 9.17) is 15.9 Å². The molecule has 0 aliphatic carbocycles. The number of carbonyl (C=O) groups is 2. The van der Waals surface area contributed by atoms with Gasteiger partial charge in [-0.25, -0.2) is 4.79 Å². The van der Waals surface area contributed by atoms with Crippen LogP contribution in [0.25, 0.3) is 0 Å². The molecule has 0 aromatic rings. The molecule has 1 amide bonds. The van der Waals surface area contributed by atoms with Crippen LogP contribution in [0.3, 0.4) is 0 Å². The summed E-state index contributed by atoms with van der Waals surface area (Å²) in [4.78, 5) is 21.7. The second-order valence-corrected chi connectivity index (χ2v) is 4.02. The highest BCUT2D eigenvalue weighted by Gasteiger charge is 2.33. The molecule has 86 valence electrons. The number of carboxylic acids is 1. The summed E-state index contributed by atoms with van der Waals surface area (Å²) in [7, 11) is 0. The average molecular weight is 216 g/mol. The molecule has 6 nitrogen and oxygen atoms in total. The van der Waals surface area contributed by atoms with Crippen molar-refractivity contribution in [2.75, 3.05) is 0 Å². The standard InChI is InChI=1S/C9H16N2O4/c1-4-2-5(8(13)11-4)3-6(10)7(12)9(14)15/h4-7,12H,2-3,10H2,1H3,(H,11,13)(H,14,15)/t4-,5+,6?,7?/m1/s1. The van der Waals surface area contributed by atoms with E-state index in [1.807, 2.05) is 6.92 Å². The smallest absolute Gasteiger partial charge is 0.334 e. The third-order valence-electron chi connectivity index (χ3n) is 2.61. The van der Waals surface area contributed by atoms with E-state index in [2.05, 4.69) is 5.32 Å². The van der Waals surface area contributed by atoms with E-state index in [0.29, 0.717) is 6.42 Å². The van der Waals surface area contributed by atoms with Gasteiger partial charge in [-0.05, 0) is 19.8 Å². The molecule has 4 atom stereocenters. The number of nitrogens with two attached hydrogens (primary N) is 1. The Morgan fingerprint density at radius 3 is 2.73 bits per heavy atom. The molecule has 1 rings (SSSR count). The van der Waals surface area contributed by atoms with Gasteiger partial charge < -0.3 is 21.3 Å². The largest absolute Gasteiger partial charge is 0.479 e. The molecule has 1 saturated heterocycles. The predicted molar refractivity (Wildman–Crippen MR) is 51.9 cm³/mol. The lowest BCUT2D eigenvalue weighted by Crippen LogP contribution is -2.42. The van der Waals surface area contributed by atoms with E-state index >= 15 is 0 Å². The first-order valence-electron chi connectivity index (χ1n) is 4.88. The van der Waals surface area contributed by atoms with E-state index < -0.39 is 18.1 Å². The number of rotatable bonds is 4. The summed E-state index contributed by atoms with van der Waals surface area (Å²) in [6.45, 7) is 1.87. The molecule has 0 aromatic carbocycles. The zero-order valence-corrected chi connectivity index (χ0v) is 8.51. The average Bonchev–Trinajstić information content (AvgIpc) is 2.43. The summed E-state index contributed by atoms with van der Waals surface area (Å²) in [6.07, 6.45) is -0.767. The Labute approximate surface area is 87.5 Å². The number of amides is 1. The Morgan fingerprint density at radius 1 is 1.73 bits per heavy atom. The van der Waals surface area contributed by atoms with Gasteiger partial charge in [0, 0.05) is 18.0 Å².